The number of hydrogen-bond donors (Lipinski definition) is 1. The summed E-state index contributed by atoms with van der Waals surface area (Å²) in [4.78, 5) is 23.0. The molecule has 2 heterocycles. The molecule has 0 radical (unpaired) electrons. The molecule has 1 atom stereocenters. The molecule has 5 nitrogen and oxygen atoms in total. The lowest BCUT2D eigenvalue weighted by atomic mass is 10.0. The third-order valence-corrected chi connectivity index (χ3v) is 3.43. The summed E-state index contributed by atoms with van der Waals surface area (Å²) in [5.74, 6) is -0.00453. The van der Waals surface area contributed by atoms with Crippen LogP contribution in [0.3, 0.4) is 0 Å². The van der Waals surface area contributed by atoms with Crippen molar-refractivity contribution in [3.05, 3.63) is 33.8 Å². The molecular weight excluding hydrogens is 258 g/mol. The average Bonchev–Trinajstić information content (AvgIpc) is 2.37. The average molecular weight is 277 g/mol. The van der Waals surface area contributed by atoms with Crippen LogP contribution >= 0.6 is 0 Å². The molecule has 108 valence electrons. The standard InChI is InChI=1S/C15H19NO4/c1-9(2)12-5-4-11-13(20-12)8-10(3)16(15(11)19)7-6-14(17)18/h4-5,8-9,12H,6-7H2,1-3H3,(H,17,18)/t12-/m0/s1. The van der Waals surface area contributed by atoms with Crippen LogP contribution in [-0.4, -0.2) is 21.7 Å². The summed E-state index contributed by atoms with van der Waals surface area (Å²) in [6.07, 6.45) is 3.56. The zero-order valence-corrected chi connectivity index (χ0v) is 11.9. The Morgan fingerprint density at radius 1 is 1.50 bits per heavy atom. The minimum atomic E-state index is -0.916. The minimum Gasteiger partial charge on any atom is -0.485 e. The number of carboxylic acid groups (broad SMARTS) is 1. The lowest BCUT2D eigenvalue weighted by Crippen LogP contribution is -2.30. The molecule has 2 rings (SSSR count). The molecule has 0 aliphatic carbocycles. The largest absolute Gasteiger partial charge is 0.485 e. The van der Waals surface area contributed by atoms with Crippen LogP contribution in [0, 0.1) is 12.8 Å². The molecule has 0 spiro atoms. The van der Waals surface area contributed by atoms with Crippen molar-refractivity contribution in [2.24, 2.45) is 5.92 Å². The van der Waals surface area contributed by atoms with Gasteiger partial charge in [-0.1, -0.05) is 13.8 Å². The highest BCUT2D eigenvalue weighted by Gasteiger charge is 2.21. The number of aliphatic carboxylic acids is 1. The van der Waals surface area contributed by atoms with Crippen LogP contribution in [0.4, 0.5) is 0 Å². The van der Waals surface area contributed by atoms with Gasteiger partial charge in [0.05, 0.1) is 12.0 Å². The van der Waals surface area contributed by atoms with Crippen LogP contribution < -0.4 is 10.3 Å². The van der Waals surface area contributed by atoms with Crippen molar-refractivity contribution in [2.45, 2.75) is 39.8 Å². The Kier molecular flexibility index (Phi) is 3.97. The summed E-state index contributed by atoms with van der Waals surface area (Å²) in [6, 6.07) is 1.80. The molecule has 0 aromatic carbocycles. The summed E-state index contributed by atoms with van der Waals surface area (Å²) < 4.78 is 7.30. The fourth-order valence-corrected chi connectivity index (χ4v) is 2.23. The second kappa shape index (κ2) is 5.53. The Balaban J connectivity index is 2.38. The SMILES string of the molecule is Cc1cc2c(c(=O)n1CCC(=O)O)C=C[C@@H](C(C)C)O2. The molecule has 1 aromatic heterocycles. The molecule has 1 aromatic rings. The maximum atomic E-state index is 12.4. The van der Waals surface area contributed by atoms with E-state index in [1.807, 2.05) is 6.08 Å². The van der Waals surface area contributed by atoms with Gasteiger partial charge < -0.3 is 14.4 Å². The van der Waals surface area contributed by atoms with Crippen molar-refractivity contribution in [1.82, 2.24) is 4.57 Å². The van der Waals surface area contributed by atoms with Gasteiger partial charge in [0.2, 0.25) is 0 Å². The first-order valence-electron chi connectivity index (χ1n) is 6.71. The van der Waals surface area contributed by atoms with Gasteiger partial charge in [0.15, 0.2) is 0 Å². The third-order valence-electron chi connectivity index (χ3n) is 3.43. The number of hydrogen-bond acceptors (Lipinski definition) is 3. The van der Waals surface area contributed by atoms with Gasteiger partial charge in [0, 0.05) is 18.3 Å². The highest BCUT2D eigenvalue weighted by atomic mass is 16.5. The van der Waals surface area contributed by atoms with Gasteiger partial charge in [-0.15, -0.1) is 0 Å². The van der Waals surface area contributed by atoms with Gasteiger partial charge >= 0.3 is 5.97 Å². The van der Waals surface area contributed by atoms with Crippen molar-refractivity contribution >= 4 is 12.0 Å². The number of ether oxygens (including phenoxy) is 1. The molecular formula is C15H19NO4. The van der Waals surface area contributed by atoms with Crippen molar-refractivity contribution in [1.29, 1.82) is 0 Å². The number of rotatable bonds is 4. The molecule has 0 fully saturated rings. The van der Waals surface area contributed by atoms with Crippen molar-refractivity contribution < 1.29 is 14.6 Å². The Morgan fingerprint density at radius 2 is 2.20 bits per heavy atom. The first-order chi connectivity index (χ1) is 9.40. The van der Waals surface area contributed by atoms with E-state index in [4.69, 9.17) is 9.84 Å². The number of carboxylic acids is 1. The van der Waals surface area contributed by atoms with E-state index >= 15 is 0 Å². The first kappa shape index (κ1) is 14.4. The van der Waals surface area contributed by atoms with E-state index in [1.54, 1.807) is 19.1 Å². The third kappa shape index (κ3) is 2.76. The summed E-state index contributed by atoms with van der Waals surface area (Å²) in [7, 11) is 0. The molecule has 1 aliphatic heterocycles. The molecule has 20 heavy (non-hydrogen) atoms. The number of pyridine rings is 1. The Bertz CT molecular complexity index is 613. The zero-order valence-electron chi connectivity index (χ0n) is 11.9. The Labute approximate surface area is 117 Å². The summed E-state index contributed by atoms with van der Waals surface area (Å²) in [6.45, 7) is 6.08. The first-order valence-corrected chi connectivity index (χ1v) is 6.71. The quantitative estimate of drug-likeness (QED) is 0.914. The van der Waals surface area contributed by atoms with E-state index < -0.39 is 5.97 Å². The normalized spacial score (nSPS) is 16.9. The van der Waals surface area contributed by atoms with Crippen molar-refractivity contribution in [3.63, 3.8) is 0 Å². The summed E-state index contributed by atoms with van der Waals surface area (Å²) in [5.41, 5.74) is 1.02. The molecule has 0 saturated carbocycles. The second-order valence-corrected chi connectivity index (χ2v) is 5.35. The van der Waals surface area contributed by atoms with Crippen LogP contribution in [0.2, 0.25) is 0 Å². The van der Waals surface area contributed by atoms with E-state index in [9.17, 15) is 9.59 Å². The van der Waals surface area contributed by atoms with E-state index in [-0.39, 0.29) is 24.6 Å². The minimum absolute atomic E-state index is 0.0313. The van der Waals surface area contributed by atoms with Crippen molar-refractivity contribution in [2.75, 3.05) is 0 Å². The van der Waals surface area contributed by atoms with E-state index in [0.717, 1.165) is 0 Å². The van der Waals surface area contributed by atoms with Crippen LogP contribution in [0.15, 0.2) is 16.9 Å². The molecule has 0 amide bonds. The Hall–Kier alpha value is -2.04. The fraction of sp³-hybridized carbons (Fsp3) is 0.467. The molecule has 0 saturated heterocycles. The highest BCUT2D eigenvalue weighted by Crippen LogP contribution is 2.26. The fourth-order valence-electron chi connectivity index (χ4n) is 2.23. The van der Waals surface area contributed by atoms with E-state index in [2.05, 4.69) is 13.8 Å². The lowest BCUT2D eigenvalue weighted by molar-refractivity contribution is -0.137. The highest BCUT2D eigenvalue weighted by molar-refractivity contribution is 5.66. The van der Waals surface area contributed by atoms with E-state index in [1.165, 1.54) is 4.57 Å². The maximum Gasteiger partial charge on any atom is 0.305 e. The molecule has 1 aliphatic rings. The van der Waals surface area contributed by atoms with Gasteiger partial charge in [0.1, 0.15) is 11.9 Å². The van der Waals surface area contributed by atoms with Gasteiger partial charge in [-0.2, -0.15) is 0 Å². The van der Waals surface area contributed by atoms with Crippen molar-refractivity contribution in [3.8, 4) is 5.75 Å². The topological polar surface area (TPSA) is 68.5 Å². The predicted octanol–water partition coefficient (Wildman–Crippen LogP) is 2.06. The second-order valence-electron chi connectivity index (χ2n) is 5.35. The predicted molar refractivity (Wildman–Crippen MR) is 76.0 cm³/mol. The van der Waals surface area contributed by atoms with Crippen LogP contribution in [-0.2, 0) is 11.3 Å². The van der Waals surface area contributed by atoms with Crippen LogP contribution in [0.1, 0.15) is 31.5 Å². The van der Waals surface area contributed by atoms with Gasteiger partial charge in [-0.3, -0.25) is 9.59 Å². The number of nitrogens with zero attached hydrogens (tertiary/aromatic N) is 1. The number of fused-ring (bicyclic) bond motifs is 1. The van der Waals surface area contributed by atoms with Gasteiger partial charge in [-0.25, -0.2) is 0 Å². The molecule has 0 unspecified atom stereocenters. The van der Waals surface area contributed by atoms with E-state index in [0.29, 0.717) is 22.9 Å². The number of aryl methyl sites for hydroxylation is 1. The van der Waals surface area contributed by atoms with Crippen LogP contribution in [0.25, 0.3) is 6.08 Å². The Morgan fingerprint density at radius 3 is 2.80 bits per heavy atom. The molecule has 0 bridgehead atoms. The monoisotopic (exact) mass is 277 g/mol. The maximum absolute atomic E-state index is 12.4. The van der Waals surface area contributed by atoms with Gasteiger partial charge in [0.25, 0.3) is 5.56 Å². The molecule has 1 N–H and O–H groups in total. The summed E-state index contributed by atoms with van der Waals surface area (Å²) >= 11 is 0. The van der Waals surface area contributed by atoms with Crippen LogP contribution in [0.5, 0.6) is 5.75 Å². The summed E-state index contributed by atoms with van der Waals surface area (Å²) in [5, 5.41) is 8.74. The number of aromatic nitrogens is 1. The smallest absolute Gasteiger partial charge is 0.305 e. The number of carbonyl (C=O) groups is 1. The zero-order chi connectivity index (χ0) is 14.9. The molecule has 5 heteroatoms. The lowest BCUT2D eigenvalue weighted by Gasteiger charge is -2.25. The van der Waals surface area contributed by atoms with Gasteiger partial charge in [-0.05, 0) is 25.0 Å².